The SMILES string of the molecule is COCCCC(=O)c1cccc(NS(=O)(=O)c2ccccc2)c1. The topological polar surface area (TPSA) is 72.5 Å². The van der Waals surface area contributed by atoms with E-state index in [1.165, 1.54) is 12.1 Å². The normalized spacial score (nSPS) is 11.2. The maximum Gasteiger partial charge on any atom is 0.261 e. The van der Waals surface area contributed by atoms with E-state index in [0.717, 1.165) is 0 Å². The molecule has 0 aliphatic rings. The van der Waals surface area contributed by atoms with E-state index in [2.05, 4.69) is 4.72 Å². The number of hydrogen-bond acceptors (Lipinski definition) is 4. The van der Waals surface area contributed by atoms with Crippen LogP contribution < -0.4 is 4.72 Å². The van der Waals surface area contributed by atoms with Crippen molar-refractivity contribution in [3.63, 3.8) is 0 Å². The molecule has 0 aromatic heterocycles. The zero-order chi connectivity index (χ0) is 16.7. The number of Topliss-reactive ketones (excluding diaryl/α,β-unsaturated/α-hetero) is 1. The lowest BCUT2D eigenvalue weighted by molar-refractivity contribution is 0.0963. The fourth-order valence-corrected chi connectivity index (χ4v) is 3.16. The summed E-state index contributed by atoms with van der Waals surface area (Å²) in [6.07, 6.45) is 0.998. The van der Waals surface area contributed by atoms with Crippen LogP contribution in [-0.4, -0.2) is 27.9 Å². The van der Waals surface area contributed by atoms with Gasteiger partial charge in [0.1, 0.15) is 0 Å². The first-order valence-corrected chi connectivity index (χ1v) is 8.71. The minimum Gasteiger partial charge on any atom is -0.385 e. The second kappa shape index (κ2) is 7.89. The molecule has 6 heteroatoms. The molecular weight excluding hydrogens is 314 g/mol. The molecule has 0 saturated carbocycles. The third-order valence-electron chi connectivity index (χ3n) is 3.24. The quantitative estimate of drug-likeness (QED) is 0.595. The Kier molecular flexibility index (Phi) is 5.90. The predicted octanol–water partition coefficient (Wildman–Crippen LogP) is 3.10. The number of benzene rings is 2. The highest BCUT2D eigenvalue weighted by molar-refractivity contribution is 7.92. The summed E-state index contributed by atoms with van der Waals surface area (Å²) in [5.74, 6) is -0.0391. The van der Waals surface area contributed by atoms with Gasteiger partial charge in [-0.25, -0.2) is 8.42 Å². The molecule has 2 rings (SSSR count). The van der Waals surface area contributed by atoms with Gasteiger partial charge in [-0.15, -0.1) is 0 Å². The lowest BCUT2D eigenvalue weighted by atomic mass is 10.1. The Hall–Kier alpha value is -2.18. The van der Waals surface area contributed by atoms with Gasteiger partial charge in [-0.2, -0.15) is 0 Å². The lowest BCUT2D eigenvalue weighted by Gasteiger charge is -2.09. The Balaban J connectivity index is 2.12. The molecule has 0 aliphatic heterocycles. The molecule has 1 N–H and O–H groups in total. The number of rotatable bonds is 8. The molecule has 0 aliphatic carbocycles. The number of sulfonamides is 1. The number of nitrogens with one attached hydrogen (secondary N) is 1. The molecule has 0 heterocycles. The van der Waals surface area contributed by atoms with Gasteiger partial charge in [0.25, 0.3) is 10.0 Å². The van der Waals surface area contributed by atoms with E-state index in [1.807, 2.05) is 0 Å². The smallest absolute Gasteiger partial charge is 0.261 e. The summed E-state index contributed by atoms with van der Waals surface area (Å²) in [4.78, 5) is 12.3. The number of methoxy groups -OCH3 is 1. The predicted molar refractivity (Wildman–Crippen MR) is 89.1 cm³/mol. The molecule has 0 amide bonds. The second-order valence-electron chi connectivity index (χ2n) is 5.02. The number of ketones is 1. The van der Waals surface area contributed by atoms with Crippen molar-refractivity contribution in [3.8, 4) is 0 Å². The molecule has 122 valence electrons. The van der Waals surface area contributed by atoms with E-state index in [0.29, 0.717) is 30.7 Å². The van der Waals surface area contributed by atoms with Gasteiger partial charge in [-0.3, -0.25) is 9.52 Å². The van der Waals surface area contributed by atoms with Crippen molar-refractivity contribution < 1.29 is 17.9 Å². The molecule has 5 nitrogen and oxygen atoms in total. The van der Waals surface area contributed by atoms with Gasteiger partial charge in [-0.1, -0.05) is 30.3 Å². The molecule has 0 spiro atoms. The number of carbonyl (C=O) groups is 1. The van der Waals surface area contributed by atoms with E-state index < -0.39 is 10.0 Å². The highest BCUT2D eigenvalue weighted by Crippen LogP contribution is 2.18. The van der Waals surface area contributed by atoms with Crippen molar-refractivity contribution in [2.45, 2.75) is 17.7 Å². The van der Waals surface area contributed by atoms with Gasteiger partial charge in [0, 0.05) is 31.4 Å². The molecule has 2 aromatic carbocycles. The van der Waals surface area contributed by atoms with Crippen LogP contribution in [0.25, 0.3) is 0 Å². The van der Waals surface area contributed by atoms with E-state index in [4.69, 9.17) is 4.74 Å². The summed E-state index contributed by atoms with van der Waals surface area (Å²) in [6, 6.07) is 14.6. The molecule has 0 radical (unpaired) electrons. The van der Waals surface area contributed by atoms with Gasteiger partial charge in [0.2, 0.25) is 0 Å². The fraction of sp³-hybridized carbons (Fsp3) is 0.235. The largest absolute Gasteiger partial charge is 0.385 e. The van der Waals surface area contributed by atoms with Crippen LogP contribution in [0, 0.1) is 0 Å². The van der Waals surface area contributed by atoms with Gasteiger partial charge in [0.05, 0.1) is 4.90 Å². The van der Waals surface area contributed by atoms with Gasteiger partial charge in [-0.05, 0) is 30.7 Å². The number of anilines is 1. The lowest BCUT2D eigenvalue weighted by Crippen LogP contribution is -2.13. The van der Waals surface area contributed by atoms with E-state index >= 15 is 0 Å². The first-order chi connectivity index (χ1) is 11.0. The summed E-state index contributed by atoms with van der Waals surface area (Å²) >= 11 is 0. The average Bonchev–Trinajstić information content (AvgIpc) is 2.55. The van der Waals surface area contributed by atoms with Crippen molar-refractivity contribution >= 4 is 21.5 Å². The highest BCUT2D eigenvalue weighted by Gasteiger charge is 2.14. The summed E-state index contributed by atoms with van der Waals surface area (Å²) in [6.45, 7) is 0.520. The number of hydrogen-bond donors (Lipinski definition) is 1. The maximum absolute atomic E-state index is 12.3. The molecule has 0 bridgehead atoms. The Bertz CT molecular complexity index is 757. The van der Waals surface area contributed by atoms with Crippen LogP contribution in [0.5, 0.6) is 0 Å². The number of carbonyl (C=O) groups excluding carboxylic acids is 1. The monoisotopic (exact) mass is 333 g/mol. The van der Waals surface area contributed by atoms with Gasteiger partial charge < -0.3 is 4.74 Å². The maximum atomic E-state index is 12.3. The first-order valence-electron chi connectivity index (χ1n) is 7.23. The van der Waals surface area contributed by atoms with Crippen molar-refractivity contribution in [1.82, 2.24) is 0 Å². The van der Waals surface area contributed by atoms with Gasteiger partial charge >= 0.3 is 0 Å². The summed E-state index contributed by atoms with van der Waals surface area (Å²) < 4.78 is 32.0. The summed E-state index contributed by atoms with van der Waals surface area (Å²) in [5.41, 5.74) is 0.848. The van der Waals surface area contributed by atoms with Crippen LogP contribution >= 0.6 is 0 Å². The Labute approximate surface area is 136 Å². The fourth-order valence-electron chi connectivity index (χ4n) is 2.09. The van der Waals surface area contributed by atoms with E-state index in [9.17, 15) is 13.2 Å². The number of ether oxygens (including phenoxy) is 1. The van der Waals surface area contributed by atoms with Crippen molar-refractivity contribution in [1.29, 1.82) is 0 Å². The van der Waals surface area contributed by atoms with Crippen LogP contribution in [0.2, 0.25) is 0 Å². The zero-order valence-electron chi connectivity index (χ0n) is 12.9. The third kappa shape index (κ3) is 4.91. The molecule has 2 aromatic rings. The Morgan fingerprint density at radius 2 is 1.83 bits per heavy atom. The molecule has 23 heavy (non-hydrogen) atoms. The van der Waals surface area contributed by atoms with Crippen LogP contribution in [0.1, 0.15) is 23.2 Å². The van der Waals surface area contributed by atoms with Crippen LogP contribution in [-0.2, 0) is 14.8 Å². The average molecular weight is 333 g/mol. The zero-order valence-corrected chi connectivity index (χ0v) is 13.7. The van der Waals surface area contributed by atoms with Crippen LogP contribution in [0.3, 0.4) is 0 Å². The highest BCUT2D eigenvalue weighted by atomic mass is 32.2. The molecule has 0 unspecified atom stereocenters. The molecule has 0 saturated heterocycles. The standard InChI is InChI=1S/C17H19NO4S/c1-22-12-6-11-17(19)14-7-5-8-15(13-14)18-23(20,21)16-9-3-2-4-10-16/h2-5,7-10,13,18H,6,11-12H2,1H3. The van der Waals surface area contributed by atoms with Crippen LogP contribution in [0.15, 0.2) is 59.5 Å². The first kappa shape index (κ1) is 17.2. The van der Waals surface area contributed by atoms with Gasteiger partial charge in [0.15, 0.2) is 5.78 Å². The Morgan fingerprint density at radius 3 is 2.52 bits per heavy atom. The van der Waals surface area contributed by atoms with Crippen molar-refractivity contribution in [2.75, 3.05) is 18.4 Å². The molecule has 0 atom stereocenters. The Morgan fingerprint density at radius 1 is 1.09 bits per heavy atom. The minimum absolute atomic E-state index is 0.0391. The third-order valence-corrected chi connectivity index (χ3v) is 4.64. The minimum atomic E-state index is -3.66. The van der Waals surface area contributed by atoms with E-state index in [1.54, 1.807) is 49.6 Å². The summed E-state index contributed by atoms with van der Waals surface area (Å²) in [5, 5.41) is 0. The summed E-state index contributed by atoms with van der Waals surface area (Å²) in [7, 11) is -2.07. The van der Waals surface area contributed by atoms with Crippen molar-refractivity contribution in [2.24, 2.45) is 0 Å². The van der Waals surface area contributed by atoms with Crippen LogP contribution in [0.4, 0.5) is 5.69 Å². The molecule has 0 fully saturated rings. The van der Waals surface area contributed by atoms with E-state index in [-0.39, 0.29) is 10.7 Å². The molecular formula is C17H19NO4S. The van der Waals surface area contributed by atoms with Crippen molar-refractivity contribution in [3.05, 3.63) is 60.2 Å². The second-order valence-corrected chi connectivity index (χ2v) is 6.70.